The minimum absolute atomic E-state index is 0.182. The second-order valence-corrected chi connectivity index (χ2v) is 9.43. The van der Waals surface area contributed by atoms with Gasteiger partial charge in [-0.1, -0.05) is 31.5 Å². The second-order valence-electron chi connectivity index (χ2n) is 9.43. The number of carbonyl (C=O) groups is 3. The summed E-state index contributed by atoms with van der Waals surface area (Å²) < 4.78 is 5.21. The Morgan fingerprint density at radius 1 is 1.00 bits per heavy atom. The van der Waals surface area contributed by atoms with Gasteiger partial charge in [0.1, 0.15) is 11.5 Å². The number of likely N-dealkylation sites (tertiary alicyclic amines) is 1. The van der Waals surface area contributed by atoms with Crippen molar-refractivity contribution in [3.05, 3.63) is 65.2 Å². The number of nitrogens with zero attached hydrogens (tertiary/aromatic N) is 3. The normalized spacial score (nSPS) is 20.6. The maximum atomic E-state index is 14.3. The van der Waals surface area contributed by atoms with Gasteiger partial charge in [-0.2, -0.15) is 0 Å². The molecule has 8 heteroatoms. The second kappa shape index (κ2) is 10.1. The topological polar surface area (TPSA) is 90.4 Å². The summed E-state index contributed by atoms with van der Waals surface area (Å²) in [7, 11) is 5.39. The zero-order valence-corrected chi connectivity index (χ0v) is 21.3. The van der Waals surface area contributed by atoms with Crippen molar-refractivity contribution >= 4 is 29.0 Å². The number of rotatable bonds is 9. The molecule has 2 aliphatic rings. The molecule has 2 aromatic carbocycles. The van der Waals surface area contributed by atoms with Gasteiger partial charge in [-0.25, -0.2) is 0 Å². The Hall–Kier alpha value is -3.65. The number of anilines is 1. The van der Waals surface area contributed by atoms with E-state index in [0.717, 1.165) is 12.8 Å². The molecule has 1 saturated heterocycles. The van der Waals surface area contributed by atoms with Crippen LogP contribution in [0.15, 0.2) is 54.1 Å². The number of hydrogen-bond donors (Lipinski definition) is 1. The van der Waals surface area contributed by atoms with Crippen LogP contribution in [0.2, 0.25) is 0 Å². The molecule has 0 aromatic heterocycles. The number of ketones is 1. The van der Waals surface area contributed by atoms with E-state index in [4.69, 9.17) is 4.74 Å². The number of ether oxygens (including phenoxy) is 1. The maximum Gasteiger partial charge on any atom is 0.296 e. The molecule has 1 atom stereocenters. The first-order chi connectivity index (χ1) is 17.3. The molecule has 0 aliphatic carbocycles. The lowest BCUT2D eigenvalue weighted by Gasteiger charge is -2.34. The number of amides is 2. The average Bonchev–Trinajstić information content (AvgIpc) is 3.25. The van der Waals surface area contributed by atoms with E-state index in [2.05, 4.69) is 0 Å². The number of methoxy groups -OCH3 is 1. The Morgan fingerprint density at radius 2 is 1.69 bits per heavy atom. The molecule has 0 saturated carbocycles. The highest BCUT2D eigenvalue weighted by Crippen LogP contribution is 2.53. The fourth-order valence-electron chi connectivity index (χ4n) is 5.14. The standard InChI is InChI=1S/C28H33N3O5/c1-5-6-17-30-22-11-8-7-10-21(22)28(27(30)35)23(24(32)19-12-14-20(36-4)15-13-19)25(33)26(34)31(28)18-9-16-29(2)3/h7-8,10-15,32H,5-6,9,16-18H2,1-4H3/t28-/m0/s1. The predicted molar refractivity (Wildman–Crippen MR) is 138 cm³/mol. The largest absolute Gasteiger partial charge is 0.507 e. The molecule has 2 aliphatic heterocycles. The molecule has 0 radical (unpaired) electrons. The van der Waals surface area contributed by atoms with Crippen LogP contribution >= 0.6 is 0 Å². The highest BCUT2D eigenvalue weighted by molar-refractivity contribution is 6.50. The van der Waals surface area contributed by atoms with Crippen LogP contribution in [0.5, 0.6) is 5.75 Å². The van der Waals surface area contributed by atoms with Crippen molar-refractivity contribution < 1.29 is 24.2 Å². The lowest BCUT2D eigenvalue weighted by atomic mass is 9.82. The molecule has 2 amide bonds. The van der Waals surface area contributed by atoms with Crippen LogP contribution in [0.4, 0.5) is 5.69 Å². The van der Waals surface area contributed by atoms with Gasteiger partial charge in [0.15, 0.2) is 5.54 Å². The number of para-hydroxylation sites is 1. The SMILES string of the molecule is CCCCN1C(=O)[C@@]2(C(=C(O)c3ccc(OC)cc3)C(=O)C(=O)N2CCCN(C)C)c2ccccc21. The van der Waals surface area contributed by atoms with E-state index in [9.17, 15) is 19.5 Å². The Labute approximate surface area is 211 Å². The summed E-state index contributed by atoms with van der Waals surface area (Å²) in [6.07, 6.45) is 2.21. The van der Waals surface area contributed by atoms with Gasteiger partial charge in [-0.3, -0.25) is 14.4 Å². The van der Waals surface area contributed by atoms with Crippen molar-refractivity contribution in [1.29, 1.82) is 0 Å². The molecule has 190 valence electrons. The molecule has 1 N–H and O–H groups in total. The van der Waals surface area contributed by atoms with Gasteiger partial charge in [0, 0.05) is 24.2 Å². The maximum absolute atomic E-state index is 14.3. The van der Waals surface area contributed by atoms with Gasteiger partial charge in [0.2, 0.25) is 0 Å². The van der Waals surface area contributed by atoms with Gasteiger partial charge in [0.05, 0.1) is 18.4 Å². The van der Waals surface area contributed by atoms with E-state index >= 15 is 0 Å². The number of benzene rings is 2. The van der Waals surface area contributed by atoms with Crippen molar-refractivity contribution in [2.24, 2.45) is 0 Å². The smallest absolute Gasteiger partial charge is 0.296 e. The Balaban J connectivity index is 1.96. The highest BCUT2D eigenvalue weighted by atomic mass is 16.5. The first-order valence-electron chi connectivity index (χ1n) is 12.3. The molecule has 1 spiro atoms. The van der Waals surface area contributed by atoms with Gasteiger partial charge < -0.3 is 24.5 Å². The van der Waals surface area contributed by atoms with Crippen molar-refractivity contribution in [3.63, 3.8) is 0 Å². The quantitative estimate of drug-likeness (QED) is 0.329. The average molecular weight is 492 g/mol. The van der Waals surface area contributed by atoms with E-state index in [-0.39, 0.29) is 23.8 Å². The molecule has 2 heterocycles. The third-order valence-electron chi connectivity index (χ3n) is 6.90. The van der Waals surface area contributed by atoms with E-state index in [0.29, 0.717) is 42.1 Å². The van der Waals surface area contributed by atoms with Gasteiger partial charge in [0.25, 0.3) is 17.6 Å². The fourth-order valence-corrected chi connectivity index (χ4v) is 5.14. The van der Waals surface area contributed by atoms with E-state index in [1.165, 1.54) is 12.0 Å². The summed E-state index contributed by atoms with van der Waals surface area (Å²) >= 11 is 0. The molecular weight excluding hydrogens is 458 g/mol. The number of fused-ring (bicyclic) bond motifs is 2. The van der Waals surface area contributed by atoms with Crippen molar-refractivity contribution in [2.75, 3.05) is 45.7 Å². The lowest BCUT2D eigenvalue weighted by Crippen LogP contribution is -2.52. The molecule has 2 aromatic rings. The van der Waals surface area contributed by atoms with Crippen LogP contribution in [0.1, 0.15) is 37.3 Å². The third-order valence-corrected chi connectivity index (χ3v) is 6.90. The summed E-state index contributed by atoms with van der Waals surface area (Å²) in [5.41, 5.74) is -0.353. The van der Waals surface area contributed by atoms with Crippen LogP contribution in [0, 0.1) is 0 Å². The van der Waals surface area contributed by atoms with Crippen LogP contribution in [0.25, 0.3) is 5.76 Å². The minimum atomic E-state index is -1.71. The summed E-state index contributed by atoms with van der Waals surface area (Å²) in [6, 6.07) is 13.8. The van der Waals surface area contributed by atoms with E-state index in [1.54, 1.807) is 41.3 Å². The molecule has 0 bridgehead atoms. The van der Waals surface area contributed by atoms with Crippen molar-refractivity contribution in [2.45, 2.75) is 31.7 Å². The number of Topliss-reactive ketones (excluding diaryl/α,β-unsaturated/α-hetero) is 1. The number of unbranched alkanes of at least 4 members (excludes halogenated alkanes) is 1. The Kier molecular flexibility index (Phi) is 7.17. The molecule has 0 unspecified atom stereocenters. The van der Waals surface area contributed by atoms with E-state index < -0.39 is 17.2 Å². The van der Waals surface area contributed by atoms with Gasteiger partial charge in [-0.15, -0.1) is 0 Å². The summed E-state index contributed by atoms with van der Waals surface area (Å²) in [4.78, 5) is 46.4. The summed E-state index contributed by atoms with van der Waals surface area (Å²) in [5.74, 6) is -1.79. The summed E-state index contributed by atoms with van der Waals surface area (Å²) in [5, 5.41) is 11.5. The lowest BCUT2D eigenvalue weighted by molar-refractivity contribution is -0.143. The molecule has 8 nitrogen and oxygen atoms in total. The number of aliphatic hydroxyl groups is 1. The third kappa shape index (κ3) is 3.95. The van der Waals surface area contributed by atoms with Crippen LogP contribution < -0.4 is 9.64 Å². The number of carbonyl (C=O) groups excluding carboxylic acids is 3. The molecule has 4 rings (SSSR count). The highest BCUT2D eigenvalue weighted by Gasteiger charge is 2.66. The van der Waals surface area contributed by atoms with Crippen molar-refractivity contribution in [1.82, 2.24) is 9.80 Å². The molecular formula is C28H33N3O5. The van der Waals surface area contributed by atoms with Gasteiger partial charge in [-0.05, 0) is 63.8 Å². The molecule has 1 fully saturated rings. The first-order valence-corrected chi connectivity index (χ1v) is 12.3. The van der Waals surface area contributed by atoms with E-state index in [1.807, 2.05) is 38.1 Å². The van der Waals surface area contributed by atoms with Gasteiger partial charge >= 0.3 is 0 Å². The molecule has 36 heavy (non-hydrogen) atoms. The monoisotopic (exact) mass is 491 g/mol. The fraction of sp³-hybridized carbons (Fsp3) is 0.393. The van der Waals surface area contributed by atoms with Crippen LogP contribution in [0.3, 0.4) is 0 Å². The summed E-state index contributed by atoms with van der Waals surface area (Å²) in [6.45, 7) is 3.37. The zero-order valence-electron chi connectivity index (χ0n) is 21.3. The minimum Gasteiger partial charge on any atom is -0.507 e. The number of hydrogen-bond acceptors (Lipinski definition) is 6. The van der Waals surface area contributed by atoms with Crippen LogP contribution in [-0.2, 0) is 19.9 Å². The van der Waals surface area contributed by atoms with Crippen molar-refractivity contribution in [3.8, 4) is 5.75 Å². The Morgan fingerprint density at radius 3 is 2.33 bits per heavy atom. The number of aliphatic hydroxyl groups excluding tert-OH is 1. The zero-order chi connectivity index (χ0) is 26.0. The van der Waals surface area contributed by atoms with Crippen LogP contribution in [-0.4, -0.2) is 73.3 Å². The Bertz CT molecular complexity index is 1200. The first kappa shape index (κ1) is 25.4. The predicted octanol–water partition coefficient (Wildman–Crippen LogP) is 3.37.